The zero-order chi connectivity index (χ0) is 24.7. The molecule has 1 aromatic heterocycles. The highest BCUT2D eigenvalue weighted by Crippen LogP contribution is 2.32. The van der Waals surface area contributed by atoms with E-state index in [-0.39, 0.29) is 50.9 Å². The maximum Gasteiger partial charge on any atom is 0.416 e. The number of carbonyl (C=O) groups excluding carboxylic acids is 3. The molecule has 174 valence electrons. The van der Waals surface area contributed by atoms with Gasteiger partial charge in [0.15, 0.2) is 18.2 Å². The zero-order valence-corrected chi connectivity index (χ0v) is 17.6. The topological polar surface area (TPSA) is 99.4 Å². The van der Waals surface area contributed by atoms with Gasteiger partial charge in [-0.2, -0.15) is 18.2 Å². The van der Waals surface area contributed by atoms with E-state index < -0.39 is 30.1 Å². The molecule has 1 aliphatic carbocycles. The summed E-state index contributed by atoms with van der Waals surface area (Å²) in [6.07, 6.45) is -4.54. The third-order valence-electron chi connectivity index (χ3n) is 5.42. The summed E-state index contributed by atoms with van der Waals surface area (Å²) < 4.78 is 49.0. The van der Waals surface area contributed by atoms with Crippen LogP contribution in [0.2, 0.25) is 0 Å². The van der Waals surface area contributed by atoms with E-state index in [0.717, 1.165) is 12.1 Å². The third kappa shape index (κ3) is 3.99. The molecule has 0 saturated carbocycles. The predicted molar refractivity (Wildman–Crippen MR) is 114 cm³/mol. The summed E-state index contributed by atoms with van der Waals surface area (Å²) in [6, 6.07) is 15.0. The first kappa shape index (κ1) is 22.2. The van der Waals surface area contributed by atoms with Crippen molar-refractivity contribution in [3.8, 4) is 11.4 Å². The van der Waals surface area contributed by atoms with Crippen molar-refractivity contribution < 1.29 is 36.8 Å². The van der Waals surface area contributed by atoms with Gasteiger partial charge >= 0.3 is 12.1 Å². The van der Waals surface area contributed by atoms with Gasteiger partial charge in [0, 0.05) is 27.8 Å². The zero-order valence-electron chi connectivity index (χ0n) is 17.6. The Balaban J connectivity index is 1.36. The van der Waals surface area contributed by atoms with Crippen molar-refractivity contribution in [1.82, 2.24) is 10.1 Å². The van der Waals surface area contributed by atoms with Crippen LogP contribution in [0.5, 0.6) is 0 Å². The minimum atomic E-state index is -4.54. The molecule has 10 heteroatoms. The summed E-state index contributed by atoms with van der Waals surface area (Å²) in [5.41, 5.74) is -0.433. The number of nitrogens with zero attached hydrogens (tertiary/aromatic N) is 2. The fraction of sp³-hybridized carbons (Fsp3) is 0.0800. The summed E-state index contributed by atoms with van der Waals surface area (Å²) in [7, 11) is 0. The molecule has 4 aromatic rings. The van der Waals surface area contributed by atoms with E-state index in [1.165, 1.54) is 36.4 Å². The van der Waals surface area contributed by atoms with Crippen LogP contribution in [0.1, 0.15) is 53.7 Å². The lowest BCUT2D eigenvalue weighted by Gasteiger charge is -2.19. The second kappa shape index (κ2) is 8.32. The fourth-order valence-electron chi connectivity index (χ4n) is 3.79. The normalized spacial score (nSPS) is 12.8. The average Bonchev–Trinajstić information content (AvgIpc) is 3.34. The molecule has 0 unspecified atom stereocenters. The van der Waals surface area contributed by atoms with Gasteiger partial charge in [-0.3, -0.25) is 9.59 Å². The molecule has 0 bridgehead atoms. The van der Waals surface area contributed by atoms with Crippen molar-refractivity contribution in [3.05, 3.63) is 106 Å². The molecule has 1 aliphatic rings. The highest BCUT2D eigenvalue weighted by Gasteiger charge is 2.33. The van der Waals surface area contributed by atoms with Crippen LogP contribution in [0.4, 0.5) is 13.2 Å². The largest absolute Gasteiger partial charge is 0.452 e. The van der Waals surface area contributed by atoms with Crippen molar-refractivity contribution in [3.63, 3.8) is 0 Å². The molecule has 0 amide bonds. The fourth-order valence-corrected chi connectivity index (χ4v) is 3.79. The standard InChI is InChI=1S/C25H13F3N2O5/c26-25(27,28)14-6-3-5-13(11-14)23-29-19(35-30-23)12-34-24(33)18-10-4-9-17-20(18)22(32)16-8-2-1-7-15(16)21(17)31/h1-11H,12H2. The summed E-state index contributed by atoms with van der Waals surface area (Å²) >= 11 is 0. The maximum absolute atomic E-state index is 13.0. The number of halogens is 3. The van der Waals surface area contributed by atoms with Crippen LogP contribution in [-0.2, 0) is 17.5 Å². The molecule has 0 saturated heterocycles. The number of esters is 1. The number of benzene rings is 3. The van der Waals surface area contributed by atoms with Gasteiger partial charge in [-0.05, 0) is 18.2 Å². The quantitative estimate of drug-likeness (QED) is 0.339. The van der Waals surface area contributed by atoms with E-state index in [2.05, 4.69) is 10.1 Å². The molecule has 0 radical (unpaired) electrons. The SMILES string of the molecule is O=C(OCc1nc(-c2cccc(C(F)(F)F)c2)no1)c1cccc2c1C(=O)c1ccccc1C2=O. The molecule has 0 aliphatic heterocycles. The van der Waals surface area contributed by atoms with E-state index >= 15 is 0 Å². The predicted octanol–water partition coefficient (Wildman–Crippen LogP) is 4.89. The second-order valence-electron chi connectivity index (χ2n) is 7.60. The lowest BCUT2D eigenvalue weighted by Crippen LogP contribution is -2.24. The first-order chi connectivity index (χ1) is 16.7. The third-order valence-corrected chi connectivity index (χ3v) is 5.42. The number of hydrogen-bond donors (Lipinski definition) is 0. The summed E-state index contributed by atoms with van der Waals surface area (Å²) in [6.45, 7) is -0.493. The van der Waals surface area contributed by atoms with Crippen LogP contribution < -0.4 is 0 Å². The molecular formula is C25H13F3N2O5. The van der Waals surface area contributed by atoms with E-state index in [9.17, 15) is 27.6 Å². The van der Waals surface area contributed by atoms with Crippen LogP contribution >= 0.6 is 0 Å². The highest BCUT2D eigenvalue weighted by atomic mass is 19.4. The van der Waals surface area contributed by atoms with Gasteiger partial charge in [0.25, 0.3) is 5.89 Å². The number of ether oxygens (including phenoxy) is 1. The average molecular weight is 478 g/mol. The van der Waals surface area contributed by atoms with E-state index in [1.54, 1.807) is 18.2 Å². The van der Waals surface area contributed by atoms with Gasteiger partial charge in [0.05, 0.1) is 11.1 Å². The summed E-state index contributed by atoms with van der Waals surface area (Å²) in [4.78, 5) is 42.6. The van der Waals surface area contributed by atoms with Crippen molar-refractivity contribution in [2.75, 3.05) is 0 Å². The molecule has 1 heterocycles. The number of alkyl halides is 3. The first-order valence-corrected chi connectivity index (χ1v) is 10.2. The Hall–Kier alpha value is -4.60. The van der Waals surface area contributed by atoms with Crippen molar-refractivity contribution in [1.29, 1.82) is 0 Å². The molecule has 5 rings (SSSR count). The number of fused-ring (bicyclic) bond motifs is 2. The Morgan fingerprint density at radius 2 is 1.57 bits per heavy atom. The first-order valence-electron chi connectivity index (χ1n) is 10.2. The number of ketones is 2. The second-order valence-corrected chi connectivity index (χ2v) is 7.60. The van der Waals surface area contributed by atoms with E-state index in [0.29, 0.717) is 0 Å². The van der Waals surface area contributed by atoms with Gasteiger partial charge in [0.2, 0.25) is 5.82 Å². The van der Waals surface area contributed by atoms with E-state index in [4.69, 9.17) is 9.26 Å². The Kier molecular flexibility index (Phi) is 5.28. The van der Waals surface area contributed by atoms with Gasteiger partial charge in [0.1, 0.15) is 0 Å². The molecule has 0 atom stereocenters. The van der Waals surface area contributed by atoms with Gasteiger partial charge in [-0.15, -0.1) is 0 Å². The highest BCUT2D eigenvalue weighted by molar-refractivity contribution is 6.30. The number of hydrogen-bond acceptors (Lipinski definition) is 7. The lowest BCUT2D eigenvalue weighted by molar-refractivity contribution is -0.137. The molecular weight excluding hydrogens is 465 g/mol. The number of aromatic nitrogens is 2. The summed E-state index contributed by atoms with van der Waals surface area (Å²) in [5, 5.41) is 3.63. The van der Waals surface area contributed by atoms with Crippen molar-refractivity contribution in [2.45, 2.75) is 12.8 Å². The molecule has 0 N–H and O–H groups in total. The number of carbonyl (C=O) groups is 3. The number of rotatable bonds is 4. The van der Waals surface area contributed by atoms with Crippen molar-refractivity contribution in [2.24, 2.45) is 0 Å². The Labute approximate surface area is 195 Å². The molecule has 0 fully saturated rings. The Morgan fingerprint density at radius 3 is 2.31 bits per heavy atom. The van der Waals surface area contributed by atoms with Gasteiger partial charge in [-0.25, -0.2) is 4.79 Å². The van der Waals surface area contributed by atoms with Crippen LogP contribution in [0.3, 0.4) is 0 Å². The lowest BCUT2D eigenvalue weighted by atomic mass is 9.82. The minimum Gasteiger partial charge on any atom is -0.452 e. The summed E-state index contributed by atoms with van der Waals surface area (Å²) in [5.74, 6) is -2.04. The van der Waals surface area contributed by atoms with Crippen LogP contribution in [0.25, 0.3) is 11.4 Å². The monoisotopic (exact) mass is 478 g/mol. The Bertz CT molecular complexity index is 1510. The van der Waals surface area contributed by atoms with Crippen LogP contribution in [0, 0.1) is 0 Å². The van der Waals surface area contributed by atoms with E-state index in [1.807, 2.05) is 0 Å². The molecule has 7 nitrogen and oxygen atoms in total. The van der Waals surface area contributed by atoms with Gasteiger partial charge in [-0.1, -0.05) is 53.7 Å². The maximum atomic E-state index is 13.0. The molecule has 3 aromatic carbocycles. The molecule has 0 spiro atoms. The van der Waals surface area contributed by atoms with Crippen molar-refractivity contribution >= 4 is 17.5 Å². The minimum absolute atomic E-state index is 0.0589. The smallest absolute Gasteiger partial charge is 0.416 e. The van der Waals surface area contributed by atoms with Crippen LogP contribution in [-0.4, -0.2) is 27.7 Å². The van der Waals surface area contributed by atoms with Crippen LogP contribution in [0.15, 0.2) is 71.3 Å². The van der Waals surface area contributed by atoms with Gasteiger partial charge < -0.3 is 9.26 Å². The Morgan fingerprint density at radius 1 is 0.886 bits per heavy atom. The molecule has 35 heavy (non-hydrogen) atoms.